The molecule has 6 heteroatoms. The number of amides is 1. The summed E-state index contributed by atoms with van der Waals surface area (Å²) in [5.41, 5.74) is 4.33. The van der Waals surface area contributed by atoms with Gasteiger partial charge in [0.15, 0.2) is 5.78 Å². The van der Waals surface area contributed by atoms with Gasteiger partial charge in [-0.15, -0.1) is 0 Å². The van der Waals surface area contributed by atoms with Crippen molar-refractivity contribution in [2.45, 2.75) is 46.6 Å². The zero-order valence-electron chi connectivity index (χ0n) is 20.8. The van der Waals surface area contributed by atoms with Crippen LogP contribution in [0.1, 0.15) is 52.1 Å². The van der Waals surface area contributed by atoms with Gasteiger partial charge in [-0.1, -0.05) is 52.0 Å². The van der Waals surface area contributed by atoms with E-state index < -0.39 is 0 Å². The zero-order chi connectivity index (χ0) is 24.5. The van der Waals surface area contributed by atoms with Gasteiger partial charge < -0.3 is 20.3 Å². The van der Waals surface area contributed by atoms with E-state index in [0.717, 1.165) is 40.4 Å². The fraction of sp³-hybridized carbons (Fsp3) is 0.429. The summed E-state index contributed by atoms with van der Waals surface area (Å²) in [5, 5.41) is 6.63. The molecule has 1 heterocycles. The van der Waals surface area contributed by atoms with E-state index in [-0.39, 0.29) is 29.7 Å². The summed E-state index contributed by atoms with van der Waals surface area (Å²) >= 11 is 0. The van der Waals surface area contributed by atoms with Gasteiger partial charge in [0.25, 0.3) is 0 Å². The molecule has 2 N–H and O–H groups in total. The molecule has 0 unspecified atom stereocenters. The lowest BCUT2D eigenvalue weighted by atomic mass is 9.73. The van der Waals surface area contributed by atoms with Crippen LogP contribution in [-0.2, 0) is 9.59 Å². The normalized spacial score (nSPS) is 19.2. The van der Waals surface area contributed by atoms with Crippen molar-refractivity contribution >= 4 is 23.1 Å². The lowest BCUT2D eigenvalue weighted by Gasteiger charge is -2.38. The molecule has 180 valence electrons. The minimum Gasteiger partial charge on any atom is -0.497 e. The van der Waals surface area contributed by atoms with Crippen LogP contribution in [0.3, 0.4) is 0 Å². The Morgan fingerprint density at radius 1 is 1.15 bits per heavy atom. The molecular formula is C28H35N3O3. The Morgan fingerprint density at radius 3 is 2.53 bits per heavy atom. The molecule has 0 bridgehead atoms. The predicted octanol–water partition coefficient (Wildman–Crippen LogP) is 5.08. The summed E-state index contributed by atoms with van der Waals surface area (Å²) < 4.78 is 5.37. The van der Waals surface area contributed by atoms with Crippen LogP contribution in [0, 0.1) is 11.3 Å². The fourth-order valence-corrected chi connectivity index (χ4v) is 4.89. The van der Waals surface area contributed by atoms with Crippen LogP contribution in [0.4, 0.5) is 11.4 Å². The van der Waals surface area contributed by atoms with Gasteiger partial charge in [0, 0.05) is 24.2 Å². The van der Waals surface area contributed by atoms with Gasteiger partial charge in [-0.2, -0.15) is 0 Å². The van der Waals surface area contributed by atoms with E-state index in [1.54, 1.807) is 7.11 Å². The van der Waals surface area contributed by atoms with E-state index in [2.05, 4.69) is 43.2 Å². The first-order valence-electron chi connectivity index (χ1n) is 12.0. The van der Waals surface area contributed by atoms with Crippen LogP contribution in [0.25, 0.3) is 0 Å². The van der Waals surface area contributed by atoms with Crippen LogP contribution in [0.5, 0.6) is 5.75 Å². The number of ether oxygens (including phenoxy) is 1. The number of nitrogens with one attached hydrogen (secondary N) is 2. The van der Waals surface area contributed by atoms with E-state index in [0.29, 0.717) is 18.9 Å². The van der Waals surface area contributed by atoms with Crippen molar-refractivity contribution in [3.8, 4) is 5.75 Å². The van der Waals surface area contributed by atoms with E-state index in [9.17, 15) is 9.59 Å². The summed E-state index contributed by atoms with van der Waals surface area (Å²) in [6.07, 6.45) is 1.24. The van der Waals surface area contributed by atoms with Gasteiger partial charge in [-0.25, -0.2) is 0 Å². The van der Waals surface area contributed by atoms with Gasteiger partial charge in [-0.3, -0.25) is 9.59 Å². The molecule has 0 radical (unpaired) electrons. The van der Waals surface area contributed by atoms with E-state index in [1.807, 2.05) is 48.5 Å². The number of allylic oxidation sites excluding steroid dienone is 1. The maximum Gasteiger partial charge on any atom is 0.239 e. The number of ketones is 1. The third kappa shape index (κ3) is 4.96. The number of carbonyl (C=O) groups is 2. The van der Waals surface area contributed by atoms with Crippen LogP contribution in [0.2, 0.25) is 0 Å². The number of carbonyl (C=O) groups excluding carboxylic acids is 2. The number of anilines is 2. The smallest absolute Gasteiger partial charge is 0.239 e. The number of nitrogens with zero attached hydrogens (tertiary/aromatic N) is 1. The highest BCUT2D eigenvalue weighted by molar-refractivity contribution is 6.01. The summed E-state index contributed by atoms with van der Waals surface area (Å²) in [6, 6.07) is 15.4. The second-order valence-corrected chi connectivity index (χ2v) is 10.5. The Labute approximate surface area is 202 Å². The maximum absolute atomic E-state index is 13.7. The Hall–Kier alpha value is -3.28. The molecule has 4 rings (SSSR count). The van der Waals surface area contributed by atoms with Gasteiger partial charge in [0.1, 0.15) is 5.75 Å². The van der Waals surface area contributed by atoms with Gasteiger partial charge in [0.05, 0.1) is 31.1 Å². The number of methoxy groups -OCH3 is 1. The Balaban J connectivity index is 1.87. The third-order valence-corrected chi connectivity index (χ3v) is 6.46. The van der Waals surface area contributed by atoms with E-state index in [4.69, 9.17) is 4.74 Å². The third-order valence-electron chi connectivity index (χ3n) is 6.46. The van der Waals surface area contributed by atoms with Crippen molar-refractivity contribution in [2.75, 3.05) is 30.4 Å². The summed E-state index contributed by atoms with van der Waals surface area (Å²) in [6.45, 7) is 9.17. The minimum absolute atomic E-state index is 0.0605. The fourth-order valence-electron chi connectivity index (χ4n) is 4.89. The average molecular weight is 462 g/mol. The quantitative estimate of drug-likeness (QED) is 0.628. The second-order valence-electron chi connectivity index (χ2n) is 10.5. The molecule has 1 amide bonds. The molecule has 0 saturated carbocycles. The number of para-hydroxylation sites is 2. The van der Waals surface area contributed by atoms with Crippen molar-refractivity contribution in [1.29, 1.82) is 0 Å². The van der Waals surface area contributed by atoms with Crippen molar-refractivity contribution in [3.05, 3.63) is 65.4 Å². The number of hydrogen-bond acceptors (Lipinski definition) is 5. The van der Waals surface area contributed by atoms with Crippen molar-refractivity contribution < 1.29 is 14.3 Å². The number of Topliss-reactive ketones (excluding diaryl/α,β-unsaturated/α-hetero) is 1. The number of rotatable bonds is 6. The lowest BCUT2D eigenvalue weighted by molar-refractivity contribution is -0.120. The first-order valence-corrected chi connectivity index (χ1v) is 12.0. The number of hydrogen-bond donors (Lipinski definition) is 2. The van der Waals surface area contributed by atoms with E-state index in [1.165, 1.54) is 0 Å². The average Bonchev–Trinajstić information content (AvgIpc) is 2.91. The largest absolute Gasteiger partial charge is 0.497 e. The Morgan fingerprint density at radius 2 is 1.85 bits per heavy atom. The van der Waals surface area contributed by atoms with Crippen LogP contribution in [-0.4, -0.2) is 31.9 Å². The predicted molar refractivity (Wildman–Crippen MR) is 136 cm³/mol. The summed E-state index contributed by atoms with van der Waals surface area (Å²) in [7, 11) is 1.64. The van der Waals surface area contributed by atoms with Gasteiger partial charge >= 0.3 is 0 Å². The summed E-state index contributed by atoms with van der Waals surface area (Å²) in [5.74, 6) is 1.17. The zero-order valence-corrected chi connectivity index (χ0v) is 20.8. The standard InChI is InChI=1S/C28H35N3O3/c1-18(2)16-29-25(33)17-31-23-9-7-6-8-21(23)30-22-14-28(3,4)15-24(32)26(22)27(31)19-10-12-20(34-5)13-11-19/h6-13,18,27,30H,14-17H2,1-5H3,(H,29,33)/t27-/m0/s1. The molecule has 0 aromatic heterocycles. The molecule has 1 aliphatic carbocycles. The molecule has 34 heavy (non-hydrogen) atoms. The topological polar surface area (TPSA) is 70.7 Å². The lowest BCUT2D eigenvalue weighted by Crippen LogP contribution is -2.42. The molecule has 1 aliphatic heterocycles. The Bertz CT molecular complexity index is 1100. The highest BCUT2D eigenvalue weighted by Gasteiger charge is 2.41. The van der Waals surface area contributed by atoms with Crippen LogP contribution >= 0.6 is 0 Å². The van der Waals surface area contributed by atoms with Crippen molar-refractivity contribution in [2.24, 2.45) is 11.3 Å². The molecule has 2 aromatic rings. The first kappa shape index (κ1) is 23.9. The molecule has 1 atom stereocenters. The SMILES string of the molecule is COc1ccc([C@H]2C3=C(CC(C)(C)CC3=O)Nc3ccccc3N2CC(=O)NCC(C)C)cc1. The molecule has 2 aromatic carbocycles. The number of benzene rings is 2. The Kier molecular flexibility index (Phi) is 6.69. The highest BCUT2D eigenvalue weighted by atomic mass is 16.5. The van der Waals surface area contributed by atoms with Crippen LogP contribution in [0.15, 0.2) is 59.8 Å². The van der Waals surface area contributed by atoms with Gasteiger partial charge in [0.2, 0.25) is 5.91 Å². The van der Waals surface area contributed by atoms with Gasteiger partial charge in [-0.05, 0) is 47.6 Å². The molecule has 2 aliphatic rings. The highest BCUT2D eigenvalue weighted by Crippen LogP contribution is 2.48. The molecule has 0 spiro atoms. The number of fused-ring (bicyclic) bond motifs is 1. The van der Waals surface area contributed by atoms with Crippen LogP contribution < -0.4 is 20.3 Å². The maximum atomic E-state index is 13.7. The molecule has 0 saturated heterocycles. The first-order chi connectivity index (χ1) is 16.2. The molecule has 6 nitrogen and oxygen atoms in total. The summed E-state index contributed by atoms with van der Waals surface area (Å²) in [4.78, 5) is 28.8. The molecular weight excluding hydrogens is 426 g/mol. The van der Waals surface area contributed by atoms with E-state index >= 15 is 0 Å². The van der Waals surface area contributed by atoms with Crippen molar-refractivity contribution in [1.82, 2.24) is 5.32 Å². The minimum atomic E-state index is -0.384. The monoisotopic (exact) mass is 461 g/mol. The van der Waals surface area contributed by atoms with Crippen molar-refractivity contribution in [3.63, 3.8) is 0 Å². The second kappa shape index (κ2) is 9.53. The molecule has 0 fully saturated rings.